The molecule has 1 fully saturated rings. The van der Waals surface area contributed by atoms with Crippen molar-refractivity contribution in [3.05, 3.63) is 52.0 Å². The highest BCUT2D eigenvalue weighted by Gasteiger charge is 2.28. The van der Waals surface area contributed by atoms with Gasteiger partial charge in [-0.05, 0) is 72.1 Å². The number of benzene rings is 2. The van der Waals surface area contributed by atoms with E-state index in [0.717, 1.165) is 12.8 Å². The van der Waals surface area contributed by atoms with Gasteiger partial charge in [-0.2, -0.15) is 9.57 Å². The Morgan fingerprint density at radius 2 is 1.97 bits per heavy atom. The van der Waals surface area contributed by atoms with Gasteiger partial charge in [-0.15, -0.1) is 0 Å². The molecule has 0 aromatic heterocycles. The zero-order chi connectivity index (χ0) is 21.0. The van der Waals surface area contributed by atoms with Crippen molar-refractivity contribution in [2.24, 2.45) is 0 Å². The Balaban J connectivity index is 1.93. The molecule has 0 atom stereocenters. The number of nitrogens with zero attached hydrogens (tertiary/aromatic N) is 2. The number of carbonyl (C=O) groups is 1. The van der Waals surface area contributed by atoms with Gasteiger partial charge in [-0.1, -0.05) is 0 Å². The van der Waals surface area contributed by atoms with Crippen molar-refractivity contribution < 1.29 is 17.9 Å². The zero-order valence-electron chi connectivity index (χ0n) is 15.8. The number of nitrogens with one attached hydrogen (secondary N) is 1. The van der Waals surface area contributed by atoms with E-state index in [-0.39, 0.29) is 10.5 Å². The molecular formula is C20H20BrN3O4S. The van der Waals surface area contributed by atoms with Crippen molar-refractivity contribution in [1.29, 1.82) is 5.26 Å². The van der Waals surface area contributed by atoms with E-state index in [2.05, 4.69) is 21.2 Å². The number of anilines is 1. The van der Waals surface area contributed by atoms with Gasteiger partial charge < -0.3 is 10.1 Å². The Kier molecular flexibility index (Phi) is 6.57. The largest absolute Gasteiger partial charge is 0.492 e. The van der Waals surface area contributed by atoms with Crippen molar-refractivity contribution in [3.63, 3.8) is 0 Å². The van der Waals surface area contributed by atoms with E-state index in [9.17, 15) is 13.2 Å². The summed E-state index contributed by atoms with van der Waals surface area (Å²) >= 11 is 3.32. The maximum atomic E-state index is 12.9. The highest BCUT2D eigenvalue weighted by atomic mass is 79.9. The van der Waals surface area contributed by atoms with Gasteiger partial charge in [-0.3, -0.25) is 4.79 Å². The lowest BCUT2D eigenvalue weighted by atomic mass is 10.1. The molecule has 1 aliphatic rings. The van der Waals surface area contributed by atoms with Gasteiger partial charge >= 0.3 is 0 Å². The van der Waals surface area contributed by atoms with Crippen molar-refractivity contribution in [3.8, 4) is 11.8 Å². The van der Waals surface area contributed by atoms with Crippen LogP contribution in [-0.2, 0) is 10.0 Å². The molecule has 1 aliphatic heterocycles. The van der Waals surface area contributed by atoms with Crippen LogP contribution in [0.15, 0.2) is 45.8 Å². The lowest BCUT2D eigenvalue weighted by molar-refractivity contribution is 0.102. The third-order valence-corrected chi connectivity index (χ3v) is 7.13. The van der Waals surface area contributed by atoms with Crippen molar-refractivity contribution in [1.82, 2.24) is 4.31 Å². The molecule has 1 amide bonds. The van der Waals surface area contributed by atoms with Crippen LogP contribution in [0.4, 0.5) is 5.69 Å². The number of carbonyl (C=O) groups excluding carboxylic acids is 1. The zero-order valence-corrected chi connectivity index (χ0v) is 18.2. The second-order valence-corrected chi connectivity index (χ2v) is 9.25. The predicted molar refractivity (Wildman–Crippen MR) is 112 cm³/mol. The fourth-order valence-corrected chi connectivity index (χ4v) is 5.06. The summed E-state index contributed by atoms with van der Waals surface area (Å²) in [6, 6.07) is 11.1. The molecule has 0 spiro atoms. The molecule has 2 aromatic rings. The van der Waals surface area contributed by atoms with Gasteiger partial charge in [0.15, 0.2) is 0 Å². The van der Waals surface area contributed by atoms with Crippen molar-refractivity contribution in [2.75, 3.05) is 25.0 Å². The van der Waals surface area contributed by atoms with E-state index in [1.54, 1.807) is 18.2 Å². The van der Waals surface area contributed by atoms with Crippen LogP contribution < -0.4 is 10.1 Å². The standard InChI is InChI=1S/C20H20BrN3O4S/c1-2-28-19-8-5-14(13-22)11-18(19)23-20(25)16-12-15(6-7-17(16)21)29(26,27)24-9-3-4-10-24/h5-8,11-12H,2-4,9-10H2,1H3,(H,23,25). The summed E-state index contributed by atoms with van der Waals surface area (Å²) in [5, 5.41) is 11.8. The summed E-state index contributed by atoms with van der Waals surface area (Å²) in [7, 11) is -3.65. The quantitative estimate of drug-likeness (QED) is 0.682. The van der Waals surface area contributed by atoms with Crippen LogP contribution in [-0.4, -0.2) is 38.3 Å². The second-order valence-electron chi connectivity index (χ2n) is 6.46. The third kappa shape index (κ3) is 4.61. The molecule has 1 saturated heterocycles. The molecular weight excluding hydrogens is 458 g/mol. The Morgan fingerprint density at radius 3 is 2.62 bits per heavy atom. The van der Waals surface area contributed by atoms with E-state index in [1.807, 2.05) is 13.0 Å². The van der Waals surface area contributed by atoms with E-state index in [0.29, 0.717) is 41.2 Å². The van der Waals surface area contributed by atoms with Gasteiger partial charge in [0.1, 0.15) is 5.75 Å². The molecule has 2 aromatic carbocycles. The lowest BCUT2D eigenvalue weighted by Gasteiger charge is -2.17. The minimum atomic E-state index is -3.65. The molecule has 1 N–H and O–H groups in total. The van der Waals surface area contributed by atoms with Crippen LogP contribution in [0.3, 0.4) is 0 Å². The van der Waals surface area contributed by atoms with Crippen LogP contribution in [0, 0.1) is 11.3 Å². The van der Waals surface area contributed by atoms with E-state index in [4.69, 9.17) is 10.00 Å². The molecule has 0 aliphatic carbocycles. The predicted octanol–water partition coefficient (Wildman–Crippen LogP) is 3.76. The number of ether oxygens (including phenoxy) is 1. The number of nitriles is 1. The summed E-state index contributed by atoms with van der Waals surface area (Å²) in [6.45, 7) is 3.17. The SMILES string of the molecule is CCOc1ccc(C#N)cc1NC(=O)c1cc(S(=O)(=O)N2CCCC2)ccc1Br. The first-order valence-corrected chi connectivity index (χ1v) is 11.4. The Hall–Kier alpha value is -2.41. The number of rotatable bonds is 6. The van der Waals surface area contributed by atoms with Gasteiger partial charge in [-0.25, -0.2) is 8.42 Å². The summed E-state index contributed by atoms with van der Waals surface area (Å²) < 4.78 is 33.1. The van der Waals surface area contributed by atoms with Gasteiger partial charge in [0.2, 0.25) is 10.0 Å². The maximum Gasteiger partial charge on any atom is 0.256 e. The Morgan fingerprint density at radius 1 is 1.24 bits per heavy atom. The highest BCUT2D eigenvalue weighted by Crippen LogP contribution is 2.29. The smallest absolute Gasteiger partial charge is 0.256 e. The fourth-order valence-electron chi connectivity index (χ4n) is 3.08. The number of hydrogen-bond donors (Lipinski definition) is 1. The Labute approximate surface area is 178 Å². The van der Waals surface area contributed by atoms with Crippen LogP contribution >= 0.6 is 15.9 Å². The second kappa shape index (κ2) is 8.95. The number of hydrogen-bond acceptors (Lipinski definition) is 5. The third-order valence-electron chi connectivity index (χ3n) is 4.54. The molecule has 1 heterocycles. The van der Waals surface area contributed by atoms with Crippen molar-refractivity contribution >= 4 is 37.5 Å². The average Bonchev–Trinajstić information content (AvgIpc) is 3.25. The molecule has 0 radical (unpaired) electrons. The molecule has 29 heavy (non-hydrogen) atoms. The normalized spacial score (nSPS) is 14.4. The molecule has 152 valence electrons. The van der Waals surface area contributed by atoms with E-state index < -0.39 is 15.9 Å². The van der Waals surface area contributed by atoms with E-state index >= 15 is 0 Å². The first kappa shape index (κ1) is 21.3. The summed E-state index contributed by atoms with van der Waals surface area (Å²) in [4.78, 5) is 13.0. The number of halogens is 1. The maximum absolute atomic E-state index is 12.9. The molecule has 0 saturated carbocycles. The first-order valence-electron chi connectivity index (χ1n) is 9.15. The van der Waals surface area contributed by atoms with Gasteiger partial charge in [0, 0.05) is 17.6 Å². The van der Waals surface area contributed by atoms with Crippen molar-refractivity contribution in [2.45, 2.75) is 24.7 Å². The van der Waals surface area contributed by atoms with Gasteiger partial charge in [0.05, 0.1) is 34.4 Å². The first-order chi connectivity index (χ1) is 13.9. The van der Waals surface area contributed by atoms with E-state index in [1.165, 1.54) is 22.5 Å². The molecule has 0 unspecified atom stereocenters. The summed E-state index contributed by atoms with van der Waals surface area (Å²) in [5.41, 5.74) is 0.888. The van der Waals surface area contributed by atoms with Crippen LogP contribution in [0.2, 0.25) is 0 Å². The molecule has 3 rings (SSSR count). The average molecular weight is 478 g/mol. The number of amides is 1. The van der Waals surface area contributed by atoms with Crippen LogP contribution in [0.1, 0.15) is 35.7 Å². The topological polar surface area (TPSA) is 99.5 Å². The van der Waals surface area contributed by atoms with Crippen LogP contribution in [0.25, 0.3) is 0 Å². The minimum absolute atomic E-state index is 0.0727. The minimum Gasteiger partial charge on any atom is -0.492 e. The monoisotopic (exact) mass is 477 g/mol. The molecule has 0 bridgehead atoms. The van der Waals surface area contributed by atoms with Gasteiger partial charge in [0.25, 0.3) is 5.91 Å². The number of sulfonamides is 1. The highest BCUT2D eigenvalue weighted by molar-refractivity contribution is 9.10. The fraction of sp³-hybridized carbons (Fsp3) is 0.300. The Bertz CT molecular complexity index is 1070. The molecule has 7 nitrogen and oxygen atoms in total. The molecule has 9 heteroatoms. The summed E-state index contributed by atoms with van der Waals surface area (Å²) in [5.74, 6) is -0.0804. The lowest BCUT2D eigenvalue weighted by Crippen LogP contribution is -2.28. The summed E-state index contributed by atoms with van der Waals surface area (Å²) in [6.07, 6.45) is 1.66. The van der Waals surface area contributed by atoms with Crippen LogP contribution in [0.5, 0.6) is 5.75 Å².